The van der Waals surface area contributed by atoms with E-state index in [1.54, 1.807) is 6.33 Å². The zero-order chi connectivity index (χ0) is 16.2. The molecule has 4 rings (SSSR count). The molecule has 0 spiro atoms. The van der Waals surface area contributed by atoms with Crippen LogP contribution in [0, 0.1) is 0 Å². The van der Waals surface area contributed by atoms with Gasteiger partial charge in [-0.05, 0) is 12.1 Å². The van der Waals surface area contributed by atoms with Crippen LogP contribution in [0.15, 0.2) is 37.1 Å². The number of anilines is 1. The molecule has 1 aliphatic rings. The van der Waals surface area contributed by atoms with Crippen LogP contribution in [0.3, 0.4) is 0 Å². The summed E-state index contributed by atoms with van der Waals surface area (Å²) in [6, 6.07) is 6.18. The number of H-pyrrole nitrogens is 1. The average Bonchev–Trinajstić information content (AvgIpc) is 3.13. The van der Waals surface area contributed by atoms with Gasteiger partial charge in [0, 0.05) is 25.8 Å². The third-order valence-corrected chi connectivity index (χ3v) is 4.20. The molecule has 1 fully saturated rings. The van der Waals surface area contributed by atoms with Gasteiger partial charge in [0.2, 0.25) is 0 Å². The molecule has 1 unspecified atom stereocenters. The second kappa shape index (κ2) is 6.90. The normalized spacial score (nSPS) is 17.0. The van der Waals surface area contributed by atoms with Crippen molar-refractivity contribution in [2.75, 3.05) is 38.2 Å². The predicted molar refractivity (Wildman–Crippen MR) is 89.5 cm³/mol. The summed E-state index contributed by atoms with van der Waals surface area (Å²) >= 11 is 0. The molecular formula is C16H19N7O. The fourth-order valence-electron chi connectivity index (χ4n) is 2.98. The minimum absolute atomic E-state index is 0.156. The van der Waals surface area contributed by atoms with Crippen molar-refractivity contribution in [3.8, 4) is 0 Å². The zero-order valence-electron chi connectivity index (χ0n) is 13.2. The molecule has 3 aromatic heterocycles. The Kier molecular flexibility index (Phi) is 4.30. The number of hydrogen-bond acceptors (Lipinski definition) is 7. The van der Waals surface area contributed by atoms with Crippen LogP contribution in [-0.2, 0) is 4.74 Å². The van der Waals surface area contributed by atoms with E-state index >= 15 is 0 Å². The summed E-state index contributed by atoms with van der Waals surface area (Å²) in [6.45, 7) is 3.99. The largest absolute Gasteiger partial charge is 0.379 e. The first-order valence-corrected chi connectivity index (χ1v) is 8.02. The third-order valence-electron chi connectivity index (χ3n) is 4.20. The lowest BCUT2D eigenvalue weighted by molar-refractivity contribution is 0.0179. The molecule has 0 bridgehead atoms. The van der Waals surface area contributed by atoms with Gasteiger partial charge >= 0.3 is 0 Å². The predicted octanol–water partition coefficient (Wildman–Crippen LogP) is 1.23. The number of fused-ring (bicyclic) bond motifs is 1. The molecule has 0 aromatic carbocycles. The first-order chi connectivity index (χ1) is 11.9. The summed E-state index contributed by atoms with van der Waals surface area (Å²) in [6.07, 6.45) is 4.99. The molecule has 1 aliphatic heterocycles. The molecule has 3 aromatic rings. The van der Waals surface area contributed by atoms with Gasteiger partial charge in [-0.2, -0.15) is 0 Å². The lowest BCUT2D eigenvalue weighted by Crippen LogP contribution is -2.41. The number of ether oxygens (including phenoxy) is 1. The zero-order valence-corrected chi connectivity index (χ0v) is 13.2. The van der Waals surface area contributed by atoms with Crippen LogP contribution >= 0.6 is 0 Å². The molecule has 124 valence electrons. The molecule has 8 nitrogen and oxygen atoms in total. The molecule has 0 saturated carbocycles. The van der Waals surface area contributed by atoms with Crippen molar-refractivity contribution in [2.24, 2.45) is 0 Å². The first-order valence-electron chi connectivity index (χ1n) is 8.02. The fourth-order valence-corrected chi connectivity index (χ4v) is 2.98. The number of pyridine rings is 1. The standard InChI is InChI=1S/C16H19N7O/c1-2-4-17-12(3-1)13(23-5-7-24-8-6-23)9-18-15-14-16(20-10-19-14)22-11-21-15/h1-4,10-11,13H,5-9H2,(H2,18,19,20,21,22). The second-order valence-electron chi connectivity index (χ2n) is 5.62. The number of nitrogens with zero attached hydrogens (tertiary/aromatic N) is 5. The topological polar surface area (TPSA) is 91.9 Å². The van der Waals surface area contributed by atoms with Crippen molar-refractivity contribution in [1.82, 2.24) is 29.8 Å². The SMILES string of the molecule is c1ccc(C(CNc2ncnc3nc[nH]c23)N2CCOCC2)nc1. The average molecular weight is 325 g/mol. The van der Waals surface area contributed by atoms with E-state index in [4.69, 9.17) is 4.74 Å². The van der Waals surface area contributed by atoms with E-state index in [2.05, 4.69) is 41.2 Å². The highest BCUT2D eigenvalue weighted by Crippen LogP contribution is 2.22. The lowest BCUT2D eigenvalue weighted by Gasteiger charge is -2.34. The van der Waals surface area contributed by atoms with Crippen LogP contribution in [0.4, 0.5) is 5.82 Å². The Balaban J connectivity index is 1.56. The Morgan fingerprint density at radius 3 is 2.92 bits per heavy atom. The Hall–Kier alpha value is -2.58. The molecule has 1 atom stereocenters. The van der Waals surface area contributed by atoms with Gasteiger partial charge in [-0.25, -0.2) is 15.0 Å². The summed E-state index contributed by atoms with van der Waals surface area (Å²) < 4.78 is 5.48. The van der Waals surface area contributed by atoms with Crippen LogP contribution in [0.25, 0.3) is 11.2 Å². The van der Waals surface area contributed by atoms with Gasteiger partial charge in [0.05, 0.1) is 31.3 Å². The van der Waals surface area contributed by atoms with E-state index in [1.165, 1.54) is 6.33 Å². The van der Waals surface area contributed by atoms with E-state index in [1.807, 2.05) is 18.3 Å². The van der Waals surface area contributed by atoms with E-state index in [-0.39, 0.29) is 6.04 Å². The van der Waals surface area contributed by atoms with Crippen molar-refractivity contribution in [1.29, 1.82) is 0 Å². The smallest absolute Gasteiger partial charge is 0.182 e. The molecule has 24 heavy (non-hydrogen) atoms. The second-order valence-corrected chi connectivity index (χ2v) is 5.62. The van der Waals surface area contributed by atoms with Crippen molar-refractivity contribution in [3.05, 3.63) is 42.7 Å². The highest BCUT2D eigenvalue weighted by Gasteiger charge is 2.23. The van der Waals surface area contributed by atoms with Crippen LogP contribution in [-0.4, -0.2) is 62.7 Å². The molecule has 1 saturated heterocycles. The van der Waals surface area contributed by atoms with Gasteiger partial charge in [0.1, 0.15) is 11.8 Å². The van der Waals surface area contributed by atoms with Gasteiger partial charge in [-0.1, -0.05) is 6.07 Å². The highest BCUT2D eigenvalue weighted by atomic mass is 16.5. The van der Waals surface area contributed by atoms with Gasteiger partial charge in [-0.3, -0.25) is 9.88 Å². The Labute approximate surface area is 139 Å². The van der Waals surface area contributed by atoms with E-state index < -0.39 is 0 Å². The van der Waals surface area contributed by atoms with Crippen molar-refractivity contribution in [2.45, 2.75) is 6.04 Å². The van der Waals surface area contributed by atoms with Gasteiger partial charge in [0.25, 0.3) is 0 Å². The van der Waals surface area contributed by atoms with Crippen LogP contribution in [0.1, 0.15) is 11.7 Å². The Bertz CT molecular complexity index is 785. The van der Waals surface area contributed by atoms with Crippen molar-refractivity contribution >= 4 is 17.0 Å². The molecule has 0 amide bonds. The molecule has 2 N–H and O–H groups in total. The molecule has 0 aliphatic carbocycles. The monoisotopic (exact) mass is 325 g/mol. The first kappa shape index (κ1) is 15.0. The lowest BCUT2D eigenvalue weighted by atomic mass is 10.1. The molecular weight excluding hydrogens is 306 g/mol. The van der Waals surface area contributed by atoms with Gasteiger partial charge in [-0.15, -0.1) is 0 Å². The molecule has 0 radical (unpaired) electrons. The summed E-state index contributed by atoms with van der Waals surface area (Å²) in [4.78, 5) is 22.7. The quantitative estimate of drug-likeness (QED) is 0.729. The minimum atomic E-state index is 0.156. The molecule has 4 heterocycles. The number of rotatable bonds is 5. The molecule has 8 heteroatoms. The van der Waals surface area contributed by atoms with Crippen LogP contribution in [0.5, 0.6) is 0 Å². The number of morpholine rings is 1. The van der Waals surface area contributed by atoms with Gasteiger partial charge in [0.15, 0.2) is 11.5 Å². The van der Waals surface area contributed by atoms with Crippen LogP contribution in [0.2, 0.25) is 0 Å². The minimum Gasteiger partial charge on any atom is -0.379 e. The number of aromatic nitrogens is 5. The maximum absolute atomic E-state index is 5.48. The van der Waals surface area contributed by atoms with Gasteiger partial charge < -0.3 is 15.0 Å². The number of hydrogen-bond donors (Lipinski definition) is 2. The highest BCUT2D eigenvalue weighted by molar-refractivity contribution is 5.81. The third kappa shape index (κ3) is 3.06. The van der Waals surface area contributed by atoms with E-state index in [9.17, 15) is 0 Å². The van der Waals surface area contributed by atoms with Crippen LogP contribution < -0.4 is 5.32 Å². The number of nitrogens with one attached hydrogen (secondary N) is 2. The van der Waals surface area contributed by atoms with E-state index in [0.717, 1.165) is 43.3 Å². The maximum atomic E-state index is 5.48. The number of aromatic amines is 1. The maximum Gasteiger partial charge on any atom is 0.182 e. The number of imidazole rings is 1. The summed E-state index contributed by atoms with van der Waals surface area (Å²) in [5, 5.41) is 3.42. The van der Waals surface area contributed by atoms with Crippen molar-refractivity contribution in [3.63, 3.8) is 0 Å². The fraction of sp³-hybridized carbons (Fsp3) is 0.375. The summed E-state index contributed by atoms with van der Waals surface area (Å²) in [5.41, 5.74) is 2.52. The Morgan fingerprint density at radius 1 is 1.17 bits per heavy atom. The summed E-state index contributed by atoms with van der Waals surface area (Å²) in [7, 11) is 0. The van der Waals surface area contributed by atoms with Crippen molar-refractivity contribution < 1.29 is 4.74 Å². The summed E-state index contributed by atoms with van der Waals surface area (Å²) in [5.74, 6) is 0.756. The Morgan fingerprint density at radius 2 is 2.08 bits per heavy atom. The van der Waals surface area contributed by atoms with E-state index in [0.29, 0.717) is 12.2 Å².